The van der Waals surface area contributed by atoms with Gasteiger partial charge >= 0.3 is 0 Å². The van der Waals surface area contributed by atoms with Crippen LogP contribution in [0.4, 0.5) is 0 Å². The number of hydrogen-bond donors (Lipinski definition) is 0. The van der Waals surface area contributed by atoms with E-state index in [1.165, 1.54) is 0 Å². The van der Waals surface area contributed by atoms with Crippen molar-refractivity contribution in [2.24, 2.45) is 0 Å². The first-order chi connectivity index (χ1) is 7.51. The van der Waals surface area contributed by atoms with Gasteiger partial charge in [0.2, 0.25) is 0 Å². The lowest BCUT2D eigenvalue weighted by molar-refractivity contribution is -0.105. The summed E-state index contributed by atoms with van der Waals surface area (Å²) in [5.41, 5.74) is -0.157. The van der Waals surface area contributed by atoms with E-state index in [1.807, 2.05) is 6.92 Å². The molecule has 0 aromatic heterocycles. The van der Waals surface area contributed by atoms with Crippen molar-refractivity contribution in [1.29, 1.82) is 0 Å². The Morgan fingerprint density at radius 1 is 1.06 bits per heavy atom. The van der Waals surface area contributed by atoms with Crippen LogP contribution in [0, 0.1) is 0 Å². The van der Waals surface area contributed by atoms with Gasteiger partial charge in [-0.15, -0.1) is 0 Å². The van der Waals surface area contributed by atoms with Gasteiger partial charge in [-0.2, -0.15) is 0 Å². The highest BCUT2D eigenvalue weighted by atomic mass is 16.6. The average molecular weight is 230 g/mol. The third-order valence-electron chi connectivity index (χ3n) is 2.85. The molecule has 16 heavy (non-hydrogen) atoms. The fourth-order valence-electron chi connectivity index (χ4n) is 2.34. The van der Waals surface area contributed by atoms with Crippen molar-refractivity contribution in [3.05, 3.63) is 0 Å². The Kier molecular flexibility index (Phi) is 3.54. The summed E-state index contributed by atoms with van der Waals surface area (Å²) >= 11 is 0. The maximum absolute atomic E-state index is 5.93. The summed E-state index contributed by atoms with van der Waals surface area (Å²) in [6.45, 7) is 10.1. The van der Waals surface area contributed by atoms with E-state index >= 15 is 0 Å². The second-order valence-corrected chi connectivity index (χ2v) is 5.36. The van der Waals surface area contributed by atoms with Crippen LogP contribution >= 0.6 is 0 Å². The van der Waals surface area contributed by atoms with Crippen LogP contribution in [0.1, 0.15) is 27.7 Å². The maximum Gasteiger partial charge on any atom is 0.115 e. The molecule has 0 radical (unpaired) electrons. The summed E-state index contributed by atoms with van der Waals surface area (Å²) < 4.78 is 23.0. The molecule has 2 aliphatic heterocycles. The lowest BCUT2D eigenvalue weighted by Crippen LogP contribution is -2.38. The molecule has 2 saturated heterocycles. The topological polar surface area (TPSA) is 36.9 Å². The molecular formula is C12H22O4. The standard InChI is InChI=1S/C12H22O4/c1-5-13-8-6-14-11-9(7-15-10(8)11)16-12(2,3)4/h8-11H,5-7H2,1-4H3/t8-,9-,10+,11+/m0/s1. The van der Waals surface area contributed by atoms with Crippen LogP contribution in [-0.2, 0) is 18.9 Å². The molecule has 0 bridgehead atoms. The third kappa shape index (κ3) is 2.56. The van der Waals surface area contributed by atoms with Gasteiger partial charge in [0, 0.05) is 6.61 Å². The molecule has 0 spiro atoms. The van der Waals surface area contributed by atoms with Crippen molar-refractivity contribution in [1.82, 2.24) is 0 Å². The zero-order valence-electron chi connectivity index (χ0n) is 10.6. The van der Waals surface area contributed by atoms with Crippen LogP contribution < -0.4 is 0 Å². The summed E-state index contributed by atoms with van der Waals surface area (Å²) in [6.07, 6.45) is 0.196. The lowest BCUT2D eigenvalue weighted by atomic mass is 10.1. The van der Waals surface area contributed by atoms with E-state index in [0.717, 1.165) is 0 Å². The number of hydrogen-bond acceptors (Lipinski definition) is 4. The minimum atomic E-state index is -0.157. The van der Waals surface area contributed by atoms with Gasteiger partial charge in [-0.25, -0.2) is 0 Å². The molecule has 2 rings (SSSR count). The maximum atomic E-state index is 5.93. The Labute approximate surface area is 97.2 Å². The van der Waals surface area contributed by atoms with Gasteiger partial charge in [0.15, 0.2) is 0 Å². The van der Waals surface area contributed by atoms with Gasteiger partial charge < -0.3 is 18.9 Å². The second-order valence-electron chi connectivity index (χ2n) is 5.36. The molecular weight excluding hydrogens is 208 g/mol. The first-order valence-corrected chi connectivity index (χ1v) is 6.04. The van der Waals surface area contributed by atoms with E-state index in [2.05, 4.69) is 20.8 Å². The fraction of sp³-hybridized carbons (Fsp3) is 1.00. The number of ether oxygens (including phenoxy) is 4. The van der Waals surface area contributed by atoms with Gasteiger partial charge in [0.25, 0.3) is 0 Å². The Bertz CT molecular complexity index is 236. The fourth-order valence-corrected chi connectivity index (χ4v) is 2.34. The van der Waals surface area contributed by atoms with Crippen LogP contribution in [0.5, 0.6) is 0 Å². The Morgan fingerprint density at radius 3 is 2.19 bits per heavy atom. The molecule has 0 unspecified atom stereocenters. The zero-order chi connectivity index (χ0) is 11.8. The smallest absolute Gasteiger partial charge is 0.115 e. The lowest BCUT2D eigenvalue weighted by Gasteiger charge is -2.26. The largest absolute Gasteiger partial charge is 0.373 e. The summed E-state index contributed by atoms with van der Waals surface area (Å²) in [5, 5.41) is 0. The van der Waals surface area contributed by atoms with Crippen molar-refractivity contribution in [3.63, 3.8) is 0 Å². The molecule has 4 atom stereocenters. The molecule has 2 heterocycles. The summed E-state index contributed by atoms with van der Waals surface area (Å²) in [6, 6.07) is 0. The minimum absolute atomic E-state index is 0.0375. The van der Waals surface area contributed by atoms with Crippen molar-refractivity contribution >= 4 is 0 Å². The van der Waals surface area contributed by atoms with Gasteiger partial charge in [-0.3, -0.25) is 0 Å². The molecule has 0 amide bonds. The van der Waals surface area contributed by atoms with Crippen molar-refractivity contribution in [2.75, 3.05) is 19.8 Å². The van der Waals surface area contributed by atoms with Crippen LogP contribution in [0.15, 0.2) is 0 Å². The van der Waals surface area contributed by atoms with Crippen molar-refractivity contribution in [2.45, 2.75) is 57.7 Å². The molecule has 0 aromatic carbocycles. The predicted octanol–water partition coefficient (Wildman–Crippen LogP) is 1.37. The van der Waals surface area contributed by atoms with Gasteiger partial charge in [-0.05, 0) is 27.7 Å². The molecule has 4 heteroatoms. The molecule has 4 nitrogen and oxygen atoms in total. The molecule has 94 valence electrons. The van der Waals surface area contributed by atoms with E-state index in [4.69, 9.17) is 18.9 Å². The third-order valence-corrected chi connectivity index (χ3v) is 2.85. The quantitative estimate of drug-likeness (QED) is 0.734. The second kappa shape index (κ2) is 4.61. The Balaban J connectivity index is 1.93. The van der Waals surface area contributed by atoms with Crippen LogP contribution in [0.3, 0.4) is 0 Å². The number of rotatable bonds is 3. The van der Waals surface area contributed by atoms with Gasteiger partial charge in [0.05, 0.1) is 18.8 Å². The van der Waals surface area contributed by atoms with E-state index in [1.54, 1.807) is 0 Å². The summed E-state index contributed by atoms with van der Waals surface area (Å²) in [7, 11) is 0. The van der Waals surface area contributed by atoms with E-state index < -0.39 is 0 Å². The van der Waals surface area contributed by atoms with Crippen molar-refractivity contribution in [3.8, 4) is 0 Å². The first-order valence-electron chi connectivity index (χ1n) is 6.04. The Morgan fingerprint density at radius 2 is 1.62 bits per heavy atom. The number of fused-ring (bicyclic) bond motifs is 1. The molecule has 0 N–H and O–H groups in total. The van der Waals surface area contributed by atoms with Gasteiger partial charge in [0.1, 0.15) is 24.4 Å². The van der Waals surface area contributed by atoms with E-state index in [9.17, 15) is 0 Å². The molecule has 0 saturated carbocycles. The average Bonchev–Trinajstić information content (AvgIpc) is 2.69. The summed E-state index contributed by atoms with van der Waals surface area (Å²) in [5.74, 6) is 0. The zero-order valence-corrected chi connectivity index (χ0v) is 10.6. The molecule has 2 aliphatic rings. The molecule has 0 aromatic rings. The highest BCUT2D eigenvalue weighted by molar-refractivity contribution is 4.96. The van der Waals surface area contributed by atoms with Crippen molar-refractivity contribution < 1.29 is 18.9 Å². The normalized spacial score (nSPS) is 39.0. The summed E-state index contributed by atoms with van der Waals surface area (Å²) in [4.78, 5) is 0. The Hall–Kier alpha value is -0.160. The first kappa shape index (κ1) is 12.3. The van der Waals surface area contributed by atoms with Gasteiger partial charge in [-0.1, -0.05) is 0 Å². The highest BCUT2D eigenvalue weighted by Gasteiger charge is 2.49. The SMILES string of the molecule is CCO[C@H]1CO[C@H]2[C@@H]1OC[C@@H]2OC(C)(C)C. The van der Waals surface area contributed by atoms with Crippen LogP contribution in [0.2, 0.25) is 0 Å². The molecule has 2 fully saturated rings. The minimum Gasteiger partial charge on any atom is -0.373 e. The van der Waals surface area contributed by atoms with Crippen LogP contribution in [0.25, 0.3) is 0 Å². The highest BCUT2D eigenvalue weighted by Crippen LogP contribution is 2.32. The van der Waals surface area contributed by atoms with E-state index in [-0.39, 0.29) is 30.0 Å². The van der Waals surface area contributed by atoms with E-state index in [0.29, 0.717) is 19.8 Å². The monoisotopic (exact) mass is 230 g/mol. The van der Waals surface area contributed by atoms with Crippen LogP contribution in [-0.4, -0.2) is 49.8 Å². The predicted molar refractivity (Wildman–Crippen MR) is 59.5 cm³/mol. The molecule has 0 aliphatic carbocycles.